The Hall–Kier alpha value is -2.84. The third-order valence-electron chi connectivity index (χ3n) is 3.51. The molecule has 1 amide bonds. The highest BCUT2D eigenvalue weighted by atomic mass is 16.5. The van der Waals surface area contributed by atoms with Gasteiger partial charge in [0, 0.05) is 29.7 Å². The van der Waals surface area contributed by atoms with Crippen LogP contribution in [0.3, 0.4) is 0 Å². The van der Waals surface area contributed by atoms with Crippen LogP contribution in [0.2, 0.25) is 0 Å². The Morgan fingerprint density at radius 1 is 1.26 bits per heavy atom. The van der Waals surface area contributed by atoms with Gasteiger partial charge in [0.2, 0.25) is 0 Å². The van der Waals surface area contributed by atoms with Gasteiger partial charge in [-0.2, -0.15) is 0 Å². The Balaban J connectivity index is 2.81. The van der Waals surface area contributed by atoms with E-state index in [2.05, 4.69) is 33.7 Å². The monoisotopic (exact) mass is 372 g/mol. The van der Waals surface area contributed by atoms with Crippen molar-refractivity contribution in [3.63, 3.8) is 0 Å². The van der Waals surface area contributed by atoms with Crippen LogP contribution in [0.1, 0.15) is 36.2 Å². The Bertz CT molecular complexity index is 773. The lowest BCUT2D eigenvalue weighted by molar-refractivity contribution is -0.144. The molecule has 0 radical (unpaired) electrons. The van der Waals surface area contributed by atoms with Crippen LogP contribution in [0.5, 0.6) is 0 Å². The van der Waals surface area contributed by atoms with E-state index in [0.29, 0.717) is 11.1 Å². The number of benzene rings is 1. The second-order valence-corrected chi connectivity index (χ2v) is 6.38. The van der Waals surface area contributed by atoms with Gasteiger partial charge < -0.3 is 26.0 Å². The smallest absolute Gasteiger partial charge is 0.330 e. The van der Waals surface area contributed by atoms with E-state index >= 15 is 0 Å². The van der Waals surface area contributed by atoms with Gasteiger partial charge in [0.15, 0.2) is 0 Å². The highest BCUT2D eigenvalue weighted by Gasteiger charge is 2.34. The van der Waals surface area contributed by atoms with E-state index in [-0.39, 0.29) is 13.0 Å². The predicted octanol–water partition coefficient (Wildman–Crippen LogP) is -0.206. The molecule has 1 aromatic carbocycles. The van der Waals surface area contributed by atoms with Crippen LogP contribution < -0.4 is 11.1 Å². The molecule has 0 saturated carbocycles. The van der Waals surface area contributed by atoms with E-state index < -0.39 is 29.6 Å². The molecule has 1 rings (SSSR count). The predicted molar refractivity (Wildman–Crippen MR) is 100 cm³/mol. The molecule has 7 nitrogen and oxygen atoms in total. The number of hydrogen-bond acceptors (Lipinski definition) is 6. The van der Waals surface area contributed by atoms with Gasteiger partial charge in [-0.3, -0.25) is 4.79 Å². The molecule has 1 aromatic rings. The number of aliphatic hydroxyl groups excluding tert-OH is 2. The minimum atomic E-state index is -0.993. The van der Waals surface area contributed by atoms with Crippen molar-refractivity contribution in [3.05, 3.63) is 35.4 Å². The molecular weight excluding hydrogens is 348 g/mol. The number of nitrogens with two attached hydrogens (primary N) is 1. The lowest BCUT2D eigenvalue weighted by atomic mass is 9.95. The molecule has 0 saturated heterocycles. The number of carbonyl (C=O) groups excluding carboxylic acids is 2. The van der Waals surface area contributed by atoms with Gasteiger partial charge in [-0.15, -0.1) is 0 Å². The third-order valence-corrected chi connectivity index (χ3v) is 3.51. The van der Waals surface area contributed by atoms with Crippen molar-refractivity contribution in [1.29, 1.82) is 0 Å². The average Bonchev–Trinajstić information content (AvgIpc) is 2.62. The number of hydrogen-bond donors (Lipinski definition) is 4. The summed E-state index contributed by atoms with van der Waals surface area (Å²) in [6, 6.07) is 5.40. The van der Waals surface area contributed by atoms with Crippen molar-refractivity contribution in [3.8, 4) is 23.7 Å². The molecule has 27 heavy (non-hydrogen) atoms. The Morgan fingerprint density at radius 3 is 2.41 bits per heavy atom. The van der Waals surface area contributed by atoms with E-state index in [4.69, 9.17) is 10.8 Å². The summed E-state index contributed by atoms with van der Waals surface area (Å²) >= 11 is 0. The first-order valence-electron chi connectivity index (χ1n) is 8.27. The zero-order valence-corrected chi connectivity index (χ0v) is 15.6. The zero-order chi connectivity index (χ0) is 20.4. The summed E-state index contributed by atoms with van der Waals surface area (Å²) in [7, 11) is 1.23. The Morgan fingerprint density at radius 2 is 1.89 bits per heavy atom. The number of aliphatic hydroxyl groups is 2. The molecule has 2 unspecified atom stereocenters. The number of methoxy groups -OCH3 is 1. The summed E-state index contributed by atoms with van der Waals surface area (Å²) < 4.78 is 4.69. The number of amides is 1. The molecule has 2 atom stereocenters. The summed E-state index contributed by atoms with van der Waals surface area (Å²) in [5.41, 5.74) is 5.91. The van der Waals surface area contributed by atoms with E-state index in [1.54, 1.807) is 38.1 Å². The number of carbonyl (C=O) groups is 2. The molecule has 144 valence electrons. The van der Waals surface area contributed by atoms with Crippen molar-refractivity contribution in [1.82, 2.24) is 5.32 Å². The number of rotatable bonds is 6. The van der Waals surface area contributed by atoms with Gasteiger partial charge in [-0.05, 0) is 50.0 Å². The SMILES string of the molecule is COC(=O)C(NC(=O)c1ccc(C#CC#CC(O)CCO)cc1)C(C)(C)N. The summed E-state index contributed by atoms with van der Waals surface area (Å²) in [6.07, 6.45) is -0.741. The summed E-state index contributed by atoms with van der Waals surface area (Å²) in [5, 5.41) is 20.6. The topological polar surface area (TPSA) is 122 Å². The standard InChI is InChI=1S/C20H24N2O5/c1-20(2,21)17(19(26)27-3)22-18(25)15-10-8-14(9-11-15)6-4-5-7-16(24)12-13-23/h8-11,16-17,23-24H,12-13,21H2,1-3H3,(H,22,25). The normalized spacial score (nSPS) is 12.5. The first-order valence-corrected chi connectivity index (χ1v) is 8.27. The average molecular weight is 372 g/mol. The fourth-order valence-corrected chi connectivity index (χ4v) is 2.00. The summed E-state index contributed by atoms with van der Waals surface area (Å²) in [4.78, 5) is 24.2. The van der Waals surface area contributed by atoms with Gasteiger partial charge in [-0.1, -0.05) is 11.8 Å². The molecule has 0 heterocycles. The van der Waals surface area contributed by atoms with Crippen molar-refractivity contribution in [2.45, 2.75) is 38.0 Å². The number of nitrogens with one attached hydrogen (secondary N) is 1. The quantitative estimate of drug-likeness (QED) is 0.405. The molecule has 0 bridgehead atoms. The van der Waals surface area contributed by atoms with Crippen LogP contribution >= 0.6 is 0 Å². The van der Waals surface area contributed by atoms with Gasteiger partial charge in [0.1, 0.15) is 12.1 Å². The Kier molecular flexibility index (Phi) is 8.50. The Labute approximate surface area is 158 Å². The third kappa shape index (κ3) is 7.51. The zero-order valence-electron chi connectivity index (χ0n) is 15.6. The van der Waals surface area contributed by atoms with Gasteiger partial charge in [-0.25, -0.2) is 4.79 Å². The minimum Gasteiger partial charge on any atom is -0.467 e. The van der Waals surface area contributed by atoms with E-state index in [1.807, 2.05) is 0 Å². The maximum Gasteiger partial charge on any atom is 0.330 e. The van der Waals surface area contributed by atoms with E-state index in [1.165, 1.54) is 7.11 Å². The fraction of sp³-hybridized carbons (Fsp3) is 0.400. The van der Waals surface area contributed by atoms with Crippen LogP contribution in [0.25, 0.3) is 0 Å². The first kappa shape index (κ1) is 22.2. The van der Waals surface area contributed by atoms with Crippen molar-refractivity contribution in [2.24, 2.45) is 5.73 Å². The molecule has 0 aromatic heterocycles. The molecule has 7 heteroatoms. The molecule has 0 aliphatic heterocycles. The minimum absolute atomic E-state index is 0.148. The first-order chi connectivity index (χ1) is 12.7. The van der Waals surface area contributed by atoms with E-state index in [9.17, 15) is 14.7 Å². The van der Waals surface area contributed by atoms with E-state index in [0.717, 1.165) is 0 Å². The molecular formula is C20H24N2O5. The van der Waals surface area contributed by atoms with Crippen LogP contribution in [0, 0.1) is 23.7 Å². The number of ether oxygens (including phenoxy) is 1. The summed E-state index contributed by atoms with van der Waals surface area (Å²) in [5.74, 6) is 9.26. The maximum absolute atomic E-state index is 12.3. The fourth-order valence-electron chi connectivity index (χ4n) is 2.00. The highest BCUT2D eigenvalue weighted by molar-refractivity contribution is 5.97. The lowest BCUT2D eigenvalue weighted by Crippen LogP contribution is -2.59. The van der Waals surface area contributed by atoms with Crippen LogP contribution in [-0.2, 0) is 9.53 Å². The van der Waals surface area contributed by atoms with Crippen molar-refractivity contribution in [2.75, 3.05) is 13.7 Å². The summed E-state index contributed by atoms with van der Waals surface area (Å²) in [6.45, 7) is 3.09. The second-order valence-electron chi connectivity index (χ2n) is 6.38. The number of esters is 1. The second kappa shape index (κ2) is 10.3. The van der Waals surface area contributed by atoms with Crippen molar-refractivity contribution < 1.29 is 24.5 Å². The lowest BCUT2D eigenvalue weighted by Gasteiger charge is -2.28. The van der Waals surface area contributed by atoms with Gasteiger partial charge in [0.05, 0.1) is 7.11 Å². The molecule has 0 aliphatic carbocycles. The maximum atomic E-state index is 12.3. The molecule has 0 aliphatic rings. The van der Waals surface area contributed by atoms with Crippen LogP contribution in [0.15, 0.2) is 24.3 Å². The van der Waals surface area contributed by atoms with Gasteiger partial charge >= 0.3 is 5.97 Å². The molecule has 5 N–H and O–H groups in total. The van der Waals surface area contributed by atoms with Crippen LogP contribution in [-0.4, -0.2) is 53.5 Å². The highest BCUT2D eigenvalue weighted by Crippen LogP contribution is 2.10. The largest absolute Gasteiger partial charge is 0.467 e. The van der Waals surface area contributed by atoms with Crippen molar-refractivity contribution >= 4 is 11.9 Å². The van der Waals surface area contributed by atoms with Crippen LogP contribution in [0.4, 0.5) is 0 Å². The molecule has 0 spiro atoms. The molecule has 0 fully saturated rings. The van der Waals surface area contributed by atoms with Gasteiger partial charge in [0.25, 0.3) is 5.91 Å².